The standard InChI is InChI=1S/C14H21N3O.2ClH/c1-15-7-2-12-5-10-17(11-6-12)14(18)13-3-8-16-9-4-13;;/h3-4,8-9,12,15H,2,5-7,10-11H2,1H3;2*1H. The fraction of sp³-hybridized carbons (Fsp3) is 0.571. The van der Waals surface area contributed by atoms with Gasteiger partial charge in [-0.15, -0.1) is 24.8 Å². The minimum Gasteiger partial charge on any atom is -0.339 e. The van der Waals surface area contributed by atoms with E-state index in [0.717, 1.165) is 44.0 Å². The first kappa shape index (κ1) is 19.2. The maximum Gasteiger partial charge on any atom is 0.253 e. The summed E-state index contributed by atoms with van der Waals surface area (Å²) in [5.41, 5.74) is 0.749. The predicted octanol–water partition coefficient (Wildman–Crippen LogP) is 2.39. The summed E-state index contributed by atoms with van der Waals surface area (Å²) in [5.74, 6) is 0.906. The Hall–Kier alpha value is -0.840. The van der Waals surface area contributed by atoms with Crippen molar-refractivity contribution in [3.63, 3.8) is 0 Å². The van der Waals surface area contributed by atoms with Gasteiger partial charge in [-0.25, -0.2) is 0 Å². The third-order valence-electron chi connectivity index (χ3n) is 3.63. The Morgan fingerprint density at radius 3 is 2.45 bits per heavy atom. The minimum absolute atomic E-state index is 0. The van der Waals surface area contributed by atoms with E-state index >= 15 is 0 Å². The van der Waals surface area contributed by atoms with E-state index in [9.17, 15) is 4.79 Å². The Morgan fingerprint density at radius 2 is 1.90 bits per heavy atom. The van der Waals surface area contributed by atoms with Crippen LogP contribution in [0.2, 0.25) is 0 Å². The van der Waals surface area contributed by atoms with Gasteiger partial charge in [-0.05, 0) is 50.9 Å². The average Bonchev–Trinajstić information content (AvgIpc) is 2.46. The smallest absolute Gasteiger partial charge is 0.253 e. The predicted molar refractivity (Wildman–Crippen MR) is 85.9 cm³/mol. The Balaban J connectivity index is 0.00000180. The second kappa shape index (κ2) is 9.97. The molecule has 1 aromatic heterocycles. The fourth-order valence-corrected chi connectivity index (χ4v) is 2.45. The molecule has 0 bridgehead atoms. The van der Waals surface area contributed by atoms with Crippen LogP contribution >= 0.6 is 24.8 Å². The van der Waals surface area contributed by atoms with Gasteiger partial charge in [-0.3, -0.25) is 9.78 Å². The summed E-state index contributed by atoms with van der Waals surface area (Å²) in [6.45, 7) is 2.84. The van der Waals surface area contributed by atoms with Gasteiger partial charge in [-0.1, -0.05) is 0 Å². The molecule has 2 heterocycles. The molecule has 1 N–H and O–H groups in total. The highest BCUT2D eigenvalue weighted by atomic mass is 35.5. The molecule has 6 heteroatoms. The molecule has 4 nitrogen and oxygen atoms in total. The Labute approximate surface area is 133 Å². The number of halogens is 2. The van der Waals surface area contributed by atoms with E-state index in [1.54, 1.807) is 24.5 Å². The van der Waals surface area contributed by atoms with Gasteiger partial charge in [0.2, 0.25) is 0 Å². The third kappa shape index (κ3) is 5.27. The number of hydrogen-bond acceptors (Lipinski definition) is 3. The van der Waals surface area contributed by atoms with Gasteiger partial charge in [-0.2, -0.15) is 0 Å². The van der Waals surface area contributed by atoms with Crippen molar-refractivity contribution < 1.29 is 4.79 Å². The zero-order chi connectivity index (χ0) is 12.8. The monoisotopic (exact) mass is 319 g/mol. The van der Waals surface area contributed by atoms with Crippen molar-refractivity contribution in [2.75, 3.05) is 26.7 Å². The topological polar surface area (TPSA) is 45.2 Å². The van der Waals surface area contributed by atoms with Gasteiger partial charge in [0.1, 0.15) is 0 Å². The van der Waals surface area contributed by atoms with Crippen LogP contribution in [0.25, 0.3) is 0 Å². The summed E-state index contributed by atoms with van der Waals surface area (Å²) in [4.78, 5) is 18.1. The van der Waals surface area contributed by atoms with Crippen LogP contribution in [-0.2, 0) is 0 Å². The number of hydrogen-bond donors (Lipinski definition) is 1. The minimum atomic E-state index is 0. The summed E-state index contributed by atoms with van der Waals surface area (Å²) in [6, 6.07) is 3.57. The number of amides is 1. The Bertz CT molecular complexity index is 381. The van der Waals surface area contributed by atoms with Crippen LogP contribution in [0.3, 0.4) is 0 Å². The van der Waals surface area contributed by atoms with E-state index < -0.39 is 0 Å². The first-order valence-corrected chi connectivity index (χ1v) is 6.65. The first-order valence-electron chi connectivity index (χ1n) is 6.65. The van der Waals surface area contributed by atoms with Gasteiger partial charge >= 0.3 is 0 Å². The summed E-state index contributed by atoms with van der Waals surface area (Å²) in [6.07, 6.45) is 6.81. The maximum atomic E-state index is 12.2. The fourth-order valence-electron chi connectivity index (χ4n) is 2.45. The Morgan fingerprint density at radius 1 is 1.30 bits per heavy atom. The summed E-state index contributed by atoms with van der Waals surface area (Å²) in [7, 11) is 1.99. The van der Waals surface area contributed by atoms with Crippen LogP contribution in [0.5, 0.6) is 0 Å². The molecule has 2 rings (SSSR count). The molecule has 0 aromatic carbocycles. The number of nitrogens with one attached hydrogen (secondary N) is 1. The highest BCUT2D eigenvalue weighted by molar-refractivity contribution is 5.94. The number of piperidine rings is 1. The highest BCUT2D eigenvalue weighted by Gasteiger charge is 2.23. The van der Waals surface area contributed by atoms with Gasteiger partial charge in [0, 0.05) is 31.0 Å². The van der Waals surface area contributed by atoms with Crippen LogP contribution in [0.1, 0.15) is 29.6 Å². The summed E-state index contributed by atoms with van der Waals surface area (Å²) >= 11 is 0. The van der Waals surface area contributed by atoms with E-state index in [1.165, 1.54) is 6.42 Å². The number of carbonyl (C=O) groups excluding carboxylic acids is 1. The van der Waals surface area contributed by atoms with Crippen molar-refractivity contribution >= 4 is 30.7 Å². The molecule has 0 radical (unpaired) electrons. The Kier molecular flexibility index (Phi) is 9.55. The number of rotatable bonds is 4. The first-order chi connectivity index (χ1) is 8.81. The largest absolute Gasteiger partial charge is 0.339 e. The lowest BCUT2D eigenvalue weighted by molar-refractivity contribution is 0.0687. The highest BCUT2D eigenvalue weighted by Crippen LogP contribution is 2.21. The summed E-state index contributed by atoms with van der Waals surface area (Å²) < 4.78 is 0. The number of likely N-dealkylation sites (tertiary alicyclic amines) is 1. The molecule has 1 saturated heterocycles. The zero-order valence-electron chi connectivity index (χ0n) is 11.7. The second-order valence-electron chi connectivity index (χ2n) is 4.86. The van der Waals surface area contributed by atoms with Crippen molar-refractivity contribution in [3.05, 3.63) is 30.1 Å². The van der Waals surface area contributed by atoms with E-state index in [0.29, 0.717) is 0 Å². The van der Waals surface area contributed by atoms with Crippen molar-refractivity contribution in [2.24, 2.45) is 5.92 Å². The second-order valence-corrected chi connectivity index (χ2v) is 4.86. The van der Waals surface area contributed by atoms with Gasteiger partial charge in [0.25, 0.3) is 5.91 Å². The lowest BCUT2D eigenvalue weighted by Gasteiger charge is -2.32. The maximum absolute atomic E-state index is 12.2. The normalized spacial score (nSPS) is 15.2. The van der Waals surface area contributed by atoms with E-state index in [4.69, 9.17) is 0 Å². The van der Waals surface area contributed by atoms with Crippen molar-refractivity contribution in [1.29, 1.82) is 0 Å². The number of nitrogens with zero attached hydrogens (tertiary/aromatic N) is 2. The molecular formula is C14H23Cl2N3O. The van der Waals surface area contributed by atoms with Crippen LogP contribution < -0.4 is 5.32 Å². The molecule has 1 aliphatic heterocycles. The molecule has 1 aliphatic rings. The van der Waals surface area contributed by atoms with Gasteiger partial charge in [0.05, 0.1) is 0 Å². The molecule has 0 aliphatic carbocycles. The third-order valence-corrected chi connectivity index (χ3v) is 3.63. The molecule has 1 fully saturated rings. The molecular weight excluding hydrogens is 297 g/mol. The molecule has 114 valence electrons. The molecule has 1 aromatic rings. The van der Waals surface area contributed by atoms with E-state index in [2.05, 4.69) is 10.3 Å². The van der Waals surface area contributed by atoms with Crippen LogP contribution in [0, 0.1) is 5.92 Å². The molecule has 0 saturated carbocycles. The number of carbonyl (C=O) groups is 1. The summed E-state index contributed by atoms with van der Waals surface area (Å²) in [5, 5.41) is 3.19. The van der Waals surface area contributed by atoms with Gasteiger partial charge < -0.3 is 10.2 Å². The SMILES string of the molecule is CNCCC1CCN(C(=O)c2ccncc2)CC1.Cl.Cl. The molecule has 0 atom stereocenters. The molecule has 1 amide bonds. The van der Waals surface area contributed by atoms with Crippen LogP contribution in [0.4, 0.5) is 0 Å². The molecule has 0 unspecified atom stereocenters. The van der Waals surface area contributed by atoms with Crippen LogP contribution in [-0.4, -0.2) is 42.5 Å². The van der Waals surface area contributed by atoms with E-state index in [-0.39, 0.29) is 30.7 Å². The quantitative estimate of drug-likeness (QED) is 0.926. The van der Waals surface area contributed by atoms with Gasteiger partial charge in [0.15, 0.2) is 0 Å². The lowest BCUT2D eigenvalue weighted by atomic mass is 9.93. The molecule has 20 heavy (non-hydrogen) atoms. The van der Waals surface area contributed by atoms with Crippen molar-refractivity contribution in [1.82, 2.24) is 15.2 Å². The molecule has 0 spiro atoms. The van der Waals surface area contributed by atoms with Crippen LogP contribution in [0.15, 0.2) is 24.5 Å². The van der Waals surface area contributed by atoms with Crippen molar-refractivity contribution in [2.45, 2.75) is 19.3 Å². The average molecular weight is 320 g/mol. The lowest BCUT2D eigenvalue weighted by Crippen LogP contribution is -2.38. The van der Waals surface area contributed by atoms with E-state index in [1.807, 2.05) is 11.9 Å². The zero-order valence-corrected chi connectivity index (χ0v) is 13.4. The van der Waals surface area contributed by atoms with Crippen molar-refractivity contribution in [3.8, 4) is 0 Å². The number of pyridine rings is 1. The number of aromatic nitrogens is 1.